The molecule has 2 heteroatoms. The average molecular weight is 289 g/mol. The predicted octanol–water partition coefficient (Wildman–Crippen LogP) is 2.63. The summed E-state index contributed by atoms with van der Waals surface area (Å²) in [4.78, 5) is 11.9. The van der Waals surface area contributed by atoms with E-state index in [1.54, 1.807) is 0 Å². The van der Waals surface area contributed by atoms with Crippen molar-refractivity contribution in [1.29, 1.82) is 0 Å². The summed E-state index contributed by atoms with van der Waals surface area (Å²) in [6, 6.07) is 17.8. The first-order valence-electron chi connectivity index (χ1n) is 5.54. The summed E-state index contributed by atoms with van der Waals surface area (Å²) < 4.78 is 1.32. The van der Waals surface area contributed by atoms with Crippen molar-refractivity contribution in [3.8, 4) is 0 Å². The molecule has 0 aliphatic rings. The molecule has 0 fully saturated rings. The molecule has 0 amide bonds. The summed E-state index contributed by atoms with van der Waals surface area (Å²) in [6.45, 7) is 2.10. The first kappa shape index (κ1) is 12.1. The molecule has 0 radical (unpaired) electrons. The van der Waals surface area contributed by atoms with Gasteiger partial charge in [-0.3, -0.25) is 0 Å². The Morgan fingerprint density at radius 2 is 1.65 bits per heavy atom. The van der Waals surface area contributed by atoms with Gasteiger partial charge in [-0.1, -0.05) is 0 Å². The zero-order valence-corrected chi connectivity index (χ0v) is 11.4. The molecule has 0 atom stereocenters. The maximum absolute atomic E-state index is 11.9. The summed E-state index contributed by atoms with van der Waals surface area (Å²) in [5, 5.41) is 0.641. The molecule has 2 rings (SSSR count). The quantitative estimate of drug-likeness (QED) is 0.624. The van der Waals surface area contributed by atoms with Crippen LogP contribution in [-0.4, -0.2) is 20.7 Å². The molecule has 0 bridgehead atoms. The summed E-state index contributed by atoms with van der Waals surface area (Å²) in [5.41, 5.74) is 2.11. The Balaban J connectivity index is 2.00. The van der Waals surface area contributed by atoms with Crippen molar-refractivity contribution in [3.05, 3.63) is 65.7 Å². The Morgan fingerprint density at radius 1 is 1.00 bits per heavy atom. The predicted molar refractivity (Wildman–Crippen MR) is 72.1 cm³/mol. The van der Waals surface area contributed by atoms with Crippen molar-refractivity contribution in [2.24, 2.45) is 0 Å². The van der Waals surface area contributed by atoms with Gasteiger partial charge in [0.1, 0.15) is 0 Å². The van der Waals surface area contributed by atoms with E-state index in [0.29, 0.717) is 5.32 Å². The zero-order valence-electron chi connectivity index (χ0n) is 9.72. The van der Waals surface area contributed by atoms with Crippen LogP contribution < -0.4 is 4.46 Å². The molecule has 0 saturated heterocycles. The molecule has 0 saturated carbocycles. The molecule has 0 N–H and O–H groups in total. The molecule has 1 nitrogen and oxygen atoms in total. The first-order chi connectivity index (χ1) is 8.27. The third kappa shape index (κ3) is 3.29. The van der Waals surface area contributed by atoms with Gasteiger partial charge < -0.3 is 0 Å². The molecule has 2 aromatic carbocycles. The van der Waals surface area contributed by atoms with Gasteiger partial charge in [0, 0.05) is 0 Å². The SMILES string of the molecule is Cc1ccccc1[Se]CC(=O)c1ccccc1. The molecule has 17 heavy (non-hydrogen) atoms. The molecule has 0 aliphatic carbocycles. The number of hydrogen-bond acceptors (Lipinski definition) is 1. The zero-order chi connectivity index (χ0) is 12.1. The fraction of sp³-hybridized carbons (Fsp3) is 0.133. The maximum atomic E-state index is 11.9. The Kier molecular flexibility index (Phi) is 4.13. The molecular weight excluding hydrogens is 275 g/mol. The van der Waals surface area contributed by atoms with Crippen LogP contribution in [0.4, 0.5) is 0 Å². The number of carbonyl (C=O) groups is 1. The summed E-state index contributed by atoms with van der Waals surface area (Å²) in [7, 11) is 0. The van der Waals surface area contributed by atoms with Crippen LogP contribution in [0.2, 0.25) is 5.32 Å². The van der Waals surface area contributed by atoms with Gasteiger partial charge in [-0.05, 0) is 0 Å². The van der Waals surface area contributed by atoms with Crippen LogP contribution in [0.25, 0.3) is 0 Å². The Bertz CT molecular complexity index is 505. The van der Waals surface area contributed by atoms with E-state index in [4.69, 9.17) is 0 Å². The van der Waals surface area contributed by atoms with Gasteiger partial charge in [-0.25, -0.2) is 0 Å². The second-order valence-electron chi connectivity index (χ2n) is 3.84. The molecule has 0 heterocycles. The number of aryl methyl sites for hydroxylation is 1. The Labute approximate surface area is 108 Å². The van der Waals surface area contributed by atoms with Gasteiger partial charge in [-0.15, -0.1) is 0 Å². The van der Waals surface area contributed by atoms with Crippen molar-refractivity contribution in [2.75, 3.05) is 0 Å². The fourth-order valence-corrected chi connectivity index (χ4v) is 3.51. The molecule has 0 aromatic heterocycles. The standard InChI is InChI=1S/C15H14OSe/c1-12-7-5-6-10-15(12)17-11-14(16)13-8-3-2-4-9-13/h2-10H,11H2,1H3. The van der Waals surface area contributed by atoms with Crippen molar-refractivity contribution in [3.63, 3.8) is 0 Å². The third-order valence-corrected chi connectivity index (χ3v) is 5.01. The minimum absolute atomic E-state index is 0.234. The monoisotopic (exact) mass is 290 g/mol. The molecule has 2 aromatic rings. The van der Waals surface area contributed by atoms with Gasteiger partial charge in [-0.2, -0.15) is 0 Å². The molecule has 86 valence electrons. The second kappa shape index (κ2) is 5.81. The third-order valence-electron chi connectivity index (χ3n) is 2.55. The van der Waals surface area contributed by atoms with E-state index in [0.717, 1.165) is 5.56 Å². The van der Waals surface area contributed by atoms with Gasteiger partial charge in [0.15, 0.2) is 0 Å². The minimum atomic E-state index is 0.234. The molecule has 0 aliphatic heterocycles. The number of carbonyl (C=O) groups excluding carboxylic acids is 1. The van der Waals surface area contributed by atoms with Crippen LogP contribution >= 0.6 is 0 Å². The summed E-state index contributed by atoms with van der Waals surface area (Å²) in [5.74, 6) is 0.244. The van der Waals surface area contributed by atoms with E-state index in [9.17, 15) is 4.79 Å². The van der Waals surface area contributed by atoms with Gasteiger partial charge in [0.25, 0.3) is 0 Å². The Morgan fingerprint density at radius 3 is 2.35 bits per heavy atom. The normalized spacial score (nSPS) is 10.2. The molecular formula is C15H14OSe. The van der Waals surface area contributed by atoms with Crippen LogP contribution in [0.3, 0.4) is 0 Å². The van der Waals surface area contributed by atoms with E-state index < -0.39 is 0 Å². The first-order valence-corrected chi connectivity index (χ1v) is 7.61. The summed E-state index contributed by atoms with van der Waals surface area (Å²) >= 11 is 0.234. The van der Waals surface area contributed by atoms with Crippen LogP contribution in [0, 0.1) is 6.92 Å². The number of rotatable bonds is 4. The average Bonchev–Trinajstić information content (AvgIpc) is 2.38. The van der Waals surface area contributed by atoms with Crippen LogP contribution in [0.15, 0.2) is 54.6 Å². The van der Waals surface area contributed by atoms with E-state index in [2.05, 4.69) is 19.1 Å². The van der Waals surface area contributed by atoms with Crippen molar-refractivity contribution >= 4 is 25.2 Å². The van der Waals surface area contributed by atoms with E-state index in [-0.39, 0.29) is 20.7 Å². The fourth-order valence-electron chi connectivity index (χ4n) is 1.57. The number of hydrogen-bond donors (Lipinski definition) is 0. The topological polar surface area (TPSA) is 17.1 Å². The molecule has 0 spiro atoms. The number of ketones is 1. The van der Waals surface area contributed by atoms with Gasteiger partial charge >= 0.3 is 108 Å². The van der Waals surface area contributed by atoms with Gasteiger partial charge in [0.05, 0.1) is 0 Å². The van der Waals surface area contributed by atoms with E-state index >= 15 is 0 Å². The van der Waals surface area contributed by atoms with Crippen molar-refractivity contribution < 1.29 is 4.79 Å². The Hall–Kier alpha value is -1.37. The van der Waals surface area contributed by atoms with Crippen LogP contribution in [0.1, 0.15) is 15.9 Å². The van der Waals surface area contributed by atoms with Gasteiger partial charge in [0.2, 0.25) is 0 Å². The van der Waals surface area contributed by atoms with Crippen molar-refractivity contribution in [2.45, 2.75) is 12.2 Å². The molecule has 0 unspecified atom stereocenters. The number of benzene rings is 2. The van der Waals surface area contributed by atoms with Crippen LogP contribution in [0.5, 0.6) is 0 Å². The second-order valence-corrected chi connectivity index (χ2v) is 5.98. The van der Waals surface area contributed by atoms with E-state index in [1.165, 1.54) is 10.0 Å². The number of Topliss-reactive ketones (excluding diaryl/α,β-unsaturated/α-hetero) is 1. The van der Waals surface area contributed by atoms with Crippen molar-refractivity contribution in [1.82, 2.24) is 0 Å². The summed E-state index contributed by atoms with van der Waals surface area (Å²) in [6.07, 6.45) is 0. The van der Waals surface area contributed by atoms with Crippen LogP contribution in [-0.2, 0) is 0 Å². The van der Waals surface area contributed by atoms with E-state index in [1.807, 2.05) is 42.5 Å².